The van der Waals surface area contributed by atoms with E-state index in [0.717, 1.165) is 5.82 Å². The number of hydrogen-bond donors (Lipinski definition) is 1. The minimum atomic E-state index is 0.510. The number of aromatic nitrogens is 3. The van der Waals surface area contributed by atoms with Crippen molar-refractivity contribution in [1.82, 2.24) is 15.2 Å². The molecular weight excluding hydrogens is 146 g/mol. The highest BCUT2D eigenvalue weighted by molar-refractivity contribution is 7.71. The first kappa shape index (κ1) is 7.08. The summed E-state index contributed by atoms with van der Waals surface area (Å²) in [4.78, 5) is 3.99. The van der Waals surface area contributed by atoms with Crippen LogP contribution in [0.2, 0.25) is 0 Å². The van der Waals surface area contributed by atoms with E-state index >= 15 is 0 Å². The third-order valence-corrected chi connectivity index (χ3v) is 1.15. The first-order valence-electron chi connectivity index (χ1n) is 2.84. The maximum absolute atomic E-state index is 4.79. The molecule has 0 atom stereocenters. The number of hydrogen-bond acceptors (Lipinski definition) is 3. The van der Waals surface area contributed by atoms with E-state index in [2.05, 4.69) is 21.8 Å². The van der Waals surface area contributed by atoms with Gasteiger partial charge in [-0.2, -0.15) is 5.10 Å². The Labute approximate surface area is 63.8 Å². The Morgan fingerprint density at radius 3 is 3.20 bits per heavy atom. The standard InChI is InChI=1S/C6H7N3S/c1-2-3-5-8-6(10)4-7-9-5/h2,4H,1,3H2,(H,8,9,10). The van der Waals surface area contributed by atoms with Crippen molar-refractivity contribution in [2.75, 3.05) is 0 Å². The van der Waals surface area contributed by atoms with Crippen LogP contribution < -0.4 is 0 Å². The van der Waals surface area contributed by atoms with Crippen LogP contribution in [0.25, 0.3) is 0 Å². The zero-order valence-corrected chi connectivity index (χ0v) is 6.19. The number of nitrogens with zero attached hydrogens (tertiary/aromatic N) is 2. The first-order chi connectivity index (χ1) is 4.83. The van der Waals surface area contributed by atoms with Gasteiger partial charge in [0.25, 0.3) is 0 Å². The SMILES string of the molecule is C=CCc1nc(=S)cn[nH]1. The van der Waals surface area contributed by atoms with Crippen LogP contribution in [0.3, 0.4) is 0 Å². The number of allylic oxidation sites excluding steroid dienone is 1. The Morgan fingerprint density at radius 2 is 2.60 bits per heavy atom. The summed E-state index contributed by atoms with van der Waals surface area (Å²) in [5.74, 6) is 0.752. The molecule has 1 rings (SSSR count). The molecule has 0 fully saturated rings. The lowest BCUT2D eigenvalue weighted by Crippen LogP contribution is -1.94. The van der Waals surface area contributed by atoms with Crippen molar-refractivity contribution in [3.05, 3.63) is 29.3 Å². The Kier molecular flexibility index (Phi) is 2.28. The van der Waals surface area contributed by atoms with Gasteiger partial charge in [-0.25, -0.2) is 4.98 Å². The third kappa shape index (κ3) is 1.73. The van der Waals surface area contributed by atoms with Crippen LogP contribution in [0.1, 0.15) is 5.82 Å². The first-order valence-corrected chi connectivity index (χ1v) is 3.25. The average Bonchev–Trinajstić information content (AvgIpc) is 1.88. The van der Waals surface area contributed by atoms with Crippen LogP contribution in [-0.4, -0.2) is 15.2 Å². The monoisotopic (exact) mass is 153 g/mol. The van der Waals surface area contributed by atoms with Gasteiger partial charge in [-0.1, -0.05) is 18.3 Å². The lowest BCUT2D eigenvalue weighted by molar-refractivity contribution is 0.867. The van der Waals surface area contributed by atoms with Crippen LogP contribution in [0.5, 0.6) is 0 Å². The smallest absolute Gasteiger partial charge is 0.148 e. The second kappa shape index (κ2) is 3.22. The lowest BCUT2D eigenvalue weighted by Gasteiger charge is -1.91. The molecular formula is C6H7N3S. The van der Waals surface area contributed by atoms with E-state index in [1.807, 2.05) is 0 Å². The van der Waals surface area contributed by atoms with Gasteiger partial charge in [0, 0.05) is 6.42 Å². The second-order valence-electron chi connectivity index (χ2n) is 1.76. The summed E-state index contributed by atoms with van der Waals surface area (Å²) in [6.07, 6.45) is 3.93. The van der Waals surface area contributed by atoms with E-state index in [0.29, 0.717) is 11.1 Å². The molecule has 0 aromatic carbocycles. The van der Waals surface area contributed by atoms with E-state index < -0.39 is 0 Å². The van der Waals surface area contributed by atoms with Gasteiger partial charge in [-0.3, -0.25) is 5.10 Å². The zero-order chi connectivity index (χ0) is 7.40. The van der Waals surface area contributed by atoms with Gasteiger partial charge in [0.1, 0.15) is 10.5 Å². The van der Waals surface area contributed by atoms with Gasteiger partial charge in [-0.05, 0) is 0 Å². The summed E-state index contributed by atoms with van der Waals surface area (Å²) < 4.78 is 0.510. The summed E-state index contributed by atoms with van der Waals surface area (Å²) in [6.45, 7) is 3.56. The highest BCUT2D eigenvalue weighted by Gasteiger charge is 1.88. The Hall–Kier alpha value is -1.03. The molecule has 0 saturated carbocycles. The molecule has 1 heterocycles. The molecule has 3 nitrogen and oxygen atoms in total. The fourth-order valence-electron chi connectivity index (χ4n) is 0.577. The predicted octanol–water partition coefficient (Wildman–Crippen LogP) is 1.26. The molecule has 1 N–H and O–H groups in total. The van der Waals surface area contributed by atoms with Crippen molar-refractivity contribution in [1.29, 1.82) is 0 Å². The number of nitrogens with one attached hydrogen (secondary N) is 1. The second-order valence-corrected chi connectivity index (χ2v) is 2.18. The van der Waals surface area contributed by atoms with Crippen LogP contribution in [0.15, 0.2) is 18.9 Å². The molecule has 1 aromatic rings. The molecule has 52 valence electrons. The molecule has 1 aromatic heterocycles. The molecule has 0 aliphatic carbocycles. The molecule has 4 heteroatoms. The Balaban J connectivity index is 2.95. The fourth-order valence-corrected chi connectivity index (χ4v) is 0.740. The van der Waals surface area contributed by atoms with Crippen molar-refractivity contribution in [3.8, 4) is 0 Å². The van der Waals surface area contributed by atoms with Crippen molar-refractivity contribution in [2.45, 2.75) is 6.42 Å². The van der Waals surface area contributed by atoms with Gasteiger partial charge >= 0.3 is 0 Å². The summed E-state index contributed by atoms with van der Waals surface area (Å²) in [5.41, 5.74) is 0. The molecule has 0 aliphatic rings. The van der Waals surface area contributed by atoms with E-state index in [1.54, 1.807) is 6.08 Å². The van der Waals surface area contributed by atoms with Gasteiger partial charge in [-0.15, -0.1) is 6.58 Å². The minimum Gasteiger partial charge on any atom is -0.264 e. The van der Waals surface area contributed by atoms with Crippen molar-refractivity contribution < 1.29 is 0 Å². The van der Waals surface area contributed by atoms with E-state index in [-0.39, 0.29) is 0 Å². The summed E-state index contributed by atoms with van der Waals surface area (Å²) in [6, 6.07) is 0. The number of H-pyrrole nitrogens is 1. The fraction of sp³-hybridized carbons (Fsp3) is 0.167. The Bertz CT molecular complexity index is 278. The normalized spacial score (nSPS) is 9.20. The van der Waals surface area contributed by atoms with Crippen LogP contribution in [0.4, 0.5) is 0 Å². The van der Waals surface area contributed by atoms with E-state index in [1.165, 1.54) is 6.20 Å². The molecule has 0 amide bonds. The van der Waals surface area contributed by atoms with Crippen molar-refractivity contribution in [3.63, 3.8) is 0 Å². The molecule has 0 bridgehead atoms. The molecule has 0 unspecified atom stereocenters. The summed E-state index contributed by atoms with van der Waals surface area (Å²) in [7, 11) is 0. The topological polar surface area (TPSA) is 41.6 Å². The molecule has 0 radical (unpaired) electrons. The van der Waals surface area contributed by atoms with Gasteiger partial charge in [0.05, 0.1) is 6.20 Å². The molecule has 0 aliphatic heterocycles. The maximum Gasteiger partial charge on any atom is 0.148 e. The highest BCUT2D eigenvalue weighted by atomic mass is 32.1. The average molecular weight is 153 g/mol. The van der Waals surface area contributed by atoms with Crippen molar-refractivity contribution in [2.24, 2.45) is 0 Å². The van der Waals surface area contributed by atoms with Crippen LogP contribution in [-0.2, 0) is 6.42 Å². The quantitative estimate of drug-likeness (QED) is 0.513. The molecule has 10 heavy (non-hydrogen) atoms. The van der Waals surface area contributed by atoms with Crippen molar-refractivity contribution >= 4 is 12.2 Å². The number of aromatic amines is 1. The third-order valence-electron chi connectivity index (χ3n) is 0.951. The number of rotatable bonds is 2. The lowest BCUT2D eigenvalue weighted by atomic mass is 10.4. The zero-order valence-electron chi connectivity index (χ0n) is 5.37. The van der Waals surface area contributed by atoms with E-state index in [9.17, 15) is 0 Å². The predicted molar refractivity (Wildman–Crippen MR) is 41.1 cm³/mol. The van der Waals surface area contributed by atoms with Gasteiger partial charge < -0.3 is 0 Å². The van der Waals surface area contributed by atoms with E-state index in [4.69, 9.17) is 12.2 Å². The maximum atomic E-state index is 4.79. The van der Waals surface area contributed by atoms with Crippen LogP contribution in [0, 0.1) is 4.64 Å². The molecule has 0 spiro atoms. The largest absolute Gasteiger partial charge is 0.264 e. The summed E-state index contributed by atoms with van der Waals surface area (Å²) >= 11 is 4.79. The van der Waals surface area contributed by atoms with Crippen LogP contribution >= 0.6 is 12.2 Å². The van der Waals surface area contributed by atoms with Gasteiger partial charge in [0.15, 0.2) is 0 Å². The van der Waals surface area contributed by atoms with Gasteiger partial charge in [0.2, 0.25) is 0 Å². The minimum absolute atomic E-state index is 0.510. The Morgan fingerprint density at radius 1 is 1.80 bits per heavy atom. The highest BCUT2D eigenvalue weighted by Crippen LogP contribution is 1.88. The molecule has 0 saturated heterocycles. The summed E-state index contributed by atoms with van der Waals surface area (Å²) in [5, 5.41) is 6.47.